The minimum Gasteiger partial charge on any atom is -0.480 e. The Morgan fingerprint density at radius 1 is 1.65 bits per heavy atom. The van der Waals surface area contributed by atoms with Gasteiger partial charge in [0.05, 0.1) is 6.54 Å². The van der Waals surface area contributed by atoms with Crippen molar-refractivity contribution in [1.82, 2.24) is 14.5 Å². The number of nitrogens with zero attached hydrogens (tertiary/aromatic N) is 3. The van der Waals surface area contributed by atoms with E-state index in [-0.39, 0.29) is 12.4 Å². The third-order valence-electron chi connectivity index (χ3n) is 2.95. The molecule has 1 aromatic heterocycles. The van der Waals surface area contributed by atoms with Crippen LogP contribution < -0.4 is 0 Å². The molecule has 1 saturated heterocycles. The first-order valence-corrected chi connectivity index (χ1v) is 5.36. The molecule has 0 saturated carbocycles. The first-order valence-electron chi connectivity index (χ1n) is 5.36. The summed E-state index contributed by atoms with van der Waals surface area (Å²) in [6.45, 7) is -1.89. The first kappa shape index (κ1) is 12.0. The summed E-state index contributed by atoms with van der Waals surface area (Å²) >= 11 is 0. The lowest BCUT2D eigenvalue weighted by atomic mass is 10.2. The molecule has 0 amide bonds. The summed E-state index contributed by atoms with van der Waals surface area (Å²) in [5.41, 5.74) is 0. The number of imidazole rings is 1. The molecule has 0 radical (unpaired) electrons. The molecular weight excluding hydrogens is 232 g/mol. The predicted molar refractivity (Wildman–Crippen MR) is 54.5 cm³/mol. The highest BCUT2D eigenvalue weighted by Gasteiger charge is 2.31. The number of hydrogen-bond donors (Lipinski definition) is 1. The second-order valence-electron chi connectivity index (χ2n) is 4.00. The number of aromatic nitrogens is 2. The van der Waals surface area contributed by atoms with Crippen LogP contribution in [-0.4, -0.2) is 38.1 Å². The maximum Gasteiger partial charge on any atom is 0.320 e. The Morgan fingerprint density at radius 3 is 3.06 bits per heavy atom. The summed E-state index contributed by atoms with van der Waals surface area (Å²) in [5, 5.41) is 8.97. The molecule has 17 heavy (non-hydrogen) atoms. The molecule has 1 atom stereocenters. The number of rotatable bonds is 4. The second kappa shape index (κ2) is 4.79. The lowest BCUT2D eigenvalue weighted by Gasteiger charge is -2.20. The van der Waals surface area contributed by atoms with Crippen molar-refractivity contribution in [3.63, 3.8) is 0 Å². The fraction of sp³-hybridized carbons (Fsp3) is 0.600. The van der Waals surface area contributed by atoms with Gasteiger partial charge in [-0.25, -0.2) is 4.98 Å². The van der Waals surface area contributed by atoms with Gasteiger partial charge < -0.3 is 5.11 Å². The van der Waals surface area contributed by atoms with Crippen LogP contribution in [0.3, 0.4) is 0 Å². The van der Waals surface area contributed by atoms with Gasteiger partial charge in [0.15, 0.2) is 0 Å². The van der Waals surface area contributed by atoms with Gasteiger partial charge in [0.1, 0.15) is 11.9 Å². The van der Waals surface area contributed by atoms with E-state index in [0.29, 0.717) is 13.0 Å². The Morgan fingerprint density at radius 2 is 2.41 bits per heavy atom. The zero-order valence-electron chi connectivity index (χ0n) is 9.09. The number of carbonyl (C=O) groups is 1. The molecule has 1 N–H and O–H groups in total. The molecule has 0 aromatic carbocycles. The van der Waals surface area contributed by atoms with Crippen LogP contribution in [0.25, 0.3) is 0 Å². The molecule has 1 unspecified atom stereocenters. The Balaban J connectivity index is 2.10. The van der Waals surface area contributed by atoms with Crippen LogP contribution in [0, 0.1) is 0 Å². The molecule has 2 rings (SSSR count). The molecule has 7 heteroatoms. The highest BCUT2D eigenvalue weighted by Crippen LogP contribution is 2.21. The standard InChI is InChI=1S/C10H13F2N3O2/c11-10(12)15-5-3-13-8(15)6-14-4-1-2-7(14)9(16)17/h3,5,7,10H,1-2,4,6H2,(H,16,17). The monoisotopic (exact) mass is 245 g/mol. The van der Waals surface area contributed by atoms with Crippen molar-refractivity contribution in [1.29, 1.82) is 0 Å². The fourth-order valence-electron chi connectivity index (χ4n) is 2.12. The lowest BCUT2D eigenvalue weighted by Crippen LogP contribution is -2.36. The third kappa shape index (κ3) is 2.44. The van der Waals surface area contributed by atoms with Crippen molar-refractivity contribution in [3.8, 4) is 0 Å². The predicted octanol–water partition coefficient (Wildman–Crippen LogP) is 1.33. The van der Waals surface area contributed by atoms with Crippen molar-refractivity contribution in [2.24, 2.45) is 0 Å². The van der Waals surface area contributed by atoms with Crippen LogP contribution in [0.4, 0.5) is 8.78 Å². The second-order valence-corrected chi connectivity index (χ2v) is 4.00. The van der Waals surface area contributed by atoms with Gasteiger partial charge >= 0.3 is 12.5 Å². The van der Waals surface area contributed by atoms with Crippen molar-refractivity contribution in [3.05, 3.63) is 18.2 Å². The van der Waals surface area contributed by atoms with Gasteiger partial charge in [-0.1, -0.05) is 0 Å². The average molecular weight is 245 g/mol. The average Bonchev–Trinajstić information content (AvgIpc) is 2.86. The summed E-state index contributed by atoms with van der Waals surface area (Å²) in [5.74, 6) is -0.703. The minimum absolute atomic E-state index is 0.147. The topological polar surface area (TPSA) is 58.4 Å². The van der Waals surface area contributed by atoms with Crippen LogP contribution in [0.5, 0.6) is 0 Å². The summed E-state index contributed by atoms with van der Waals surface area (Å²) in [4.78, 5) is 16.5. The number of likely N-dealkylation sites (tertiary alicyclic amines) is 1. The molecule has 5 nitrogen and oxygen atoms in total. The van der Waals surface area contributed by atoms with E-state index in [1.54, 1.807) is 4.90 Å². The van der Waals surface area contributed by atoms with Crippen molar-refractivity contribution >= 4 is 5.97 Å². The quantitative estimate of drug-likeness (QED) is 0.869. The van der Waals surface area contributed by atoms with Crippen LogP contribution in [0.2, 0.25) is 0 Å². The van der Waals surface area contributed by atoms with Gasteiger partial charge in [-0.15, -0.1) is 0 Å². The smallest absolute Gasteiger partial charge is 0.320 e. The van der Waals surface area contributed by atoms with Crippen LogP contribution in [0.1, 0.15) is 25.2 Å². The Hall–Kier alpha value is -1.50. The van der Waals surface area contributed by atoms with Gasteiger partial charge in [-0.2, -0.15) is 8.78 Å². The Bertz CT molecular complexity index is 408. The largest absolute Gasteiger partial charge is 0.480 e. The van der Waals surface area contributed by atoms with Gasteiger partial charge in [0.2, 0.25) is 0 Å². The molecule has 1 aliphatic rings. The molecule has 2 heterocycles. The van der Waals surface area contributed by atoms with Gasteiger partial charge in [0.25, 0.3) is 0 Å². The summed E-state index contributed by atoms with van der Waals surface area (Å²) in [7, 11) is 0. The van der Waals surface area contributed by atoms with E-state index in [2.05, 4.69) is 4.98 Å². The first-order chi connectivity index (χ1) is 8.09. The van der Waals surface area contributed by atoms with Crippen LogP contribution in [-0.2, 0) is 11.3 Å². The van der Waals surface area contributed by atoms with Crippen LogP contribution >= 0.6 is 0 Å². The highest BCUT2D eigenvalue weighted by molar-refractivity contribution is 5.73. The van der Waals surface area contributed by atoms with E-state index in [4.69, 9.17) is 5.11 Å². The molecule has 0 bridgehead atoms. The maximum atomic E-state index is 12.6. The number of halogens is 2. The minimum atomic E-state index is -2.64. The van der Waals surface area contributed by atoms with Gasteiger partial charge in [-0.05, 0) is 19.4 Å². The molecule has 1 aromatic rings. The number of carboxylic acid groups (broad SMARTS) is 1. The van der Waals surface area contributed by atoms with Gasteiger partial charge in [0, 0.05) is 12.4 Å². The van der Waals surface area contributed by atoms with E-state index in [0.717, 1.165) is 11.0 Å². The normalized spacial score (nSPS) is 21.2. The van der Waals surface area contributed by atoms with E-state index < -0.39 is 18.6 Å². The zero-order valence-corrected chi connectivity index (χ0v) is 9.09. The van der Waals surface area contributed by atoms with E-state index >= 15 is 0 Å². The van der Waals surface area contributed by atoms with E-state index in [1.165, 1.54) is 12.4 Å². The van der Waals surface area contributed by atoms with Crippen molar-refractivity contribution < 1.29 is 18.7 Å². The number of hydrogen-bond acceptors (Lipinski definition) is 3. The summed E-state index contributed by atoms with van der Waals surface area (Å²) in [6, 6.07) is -0.585. The number of aliphatic carboxylic acids is 1. The Kier molecular flexibility index (Phi) is 3.37. The molecule has 1 fully saturated rings. The molecule has 1 aliphatic heterocycles. The van der Waals surface area contributed by atoms with E-state index in [1.807, 2.05) is 0 Å². The van der Waals surface area contributed by atoms with Crippen molar-refractivity contribution in [2.75, 3.05) is 6.54 Å². The van der Waals surface area contributed by atoms with Gasteiger partial charge in [-0.3, -0.25) is 14.3 Å². The number of alkyl halides is 2. The fourth-order valence-corrected chi connectivity index (χ4v) is 2.12. The number of carboxylic acids is 1. The zero-order chi connectivity index (χ0) is 12.4. The third-order valence-corrected chi connectivity index (χ3v) is 2.95. The van der Waals surface area contributed by atoms with Crippen molar-refractivity contribution in [2.45, 2.75) is 32.0 Å². The van der Waals surface area contributed by atoms with E-state index in [9.17, 15) is 13.6 Å². The highest BCUT2D eigenvalue weighted by atomic mass is 19.3. The summed E-state index contributed by atoms with van der Waals surface area (Å²) in [6.07, 6.45) is 3.83. The molecule has 0 spiro atoms. The molecule has 94 valence electrons. The Labute approximate surface area is 96.7 Å². The maximum absolute atomic E-state index is 12.6. The molecule has 0 aliphatic carbocycles. The van der Waals surface area contributed by atoms with Crippen LogP contribution in [0.15, 0.2) is 12.4 Å². The summed E-state index contributed by atoms with van der Waals surface area (Å²) < 4.78 is 25.9. The SMILES string of the molecule is O=C(O)C1CCCN1Cc1nccn1C(F)F. The molecular formula is C10H13F2N3O2. The lowest BCUT2D eigenvalue weighted by molar-refractivity contribution is -0.142.